The van der Waals surface area contributed by atoms with Crippen LogP contribution in [-0.4, -0.2) is 35.0 Å². The first kappa shape index (κ1) is 32.5. The van der Waals surface area contributed by atoms with Crippen molar-refractivity contribution < 1.29 is 19.1 Å². The molecule has 0 fully saturated rings. The third-order valence-electron chi connectivity index (χ3n) is 7.63. The first-order chi connectivity index (χ1) is 21.1. The highest BCUT2D eigenvalue weighted by atomic mass is 16.6. The molecule has 3 amide bonds. The SMILES string of the molecule is CC(NC(=O)N(CCc1ccccc1)C(=O)C(CCCc1ccc2ccccc2c1)CC(=O)OC(C)(C)C)c1ccccc1. The van der Waals surface area contributed by atoms with Crippen LogP contribution in [0.25, 0.3) is 10.8 Å². The zero-order chi connectivity index (χ0) is 31.5. The van der Waals surface area contributed by atoms with Gasteiger partial charge < -0.3 is 10.1 Å². The number of ether oxygens (including phenoxy) is 1. The van der Waals surface area contributed by atoms with Gasteiger partial charge in [0.25, 0.3) is 0 Å². The number of esters is 1. The lowest BCUT2D eigenvalue weighted by molar-refractivity contribution is -0.158. The number of carbonyl (C=O) groups excluding carboxylic acids is 3. The van der Waals surface area contributed by atoms with Gasteiger partial charge in [-0.2, -0.15) is 0 Å². The Balaban J connectivity index is 1.53. The molecule has 6 heteroatoms. The van der Waals surface area contributed by atoms with E-state index in [9.17, 15) is 14.4 Å². The van der Waals surface area contributed by atoms with Crippen LogP contribution in [0.1, 0.15) is 69.7 Å². The van der Waals surface area contributed by atoms with E-state index in [0.717, 1.165) is 17.5 Å². The molecule has 44 heavy (non-hydrogen) atoms. The van der Waals surface area contributed by atoms with Crippen LogP contribution in [0.3, 0.4) is 0 Å². The van der Waals surface area contributed by atoms with Crippen LogP contribution in [0.4, 0.5) is 4.79 Å². The van der Waals surface area contributed by atoms with Crippen LogP contribution in [0.5, 0.6) is 0 Å². The number of imide groups is 1. The van der Waals surface area contributed by atoms with E-state index in [1.807, 2.05) is 100 Å². The van der Waals surface area contributed by atoms with Gasteiger partial charge in [0, 0.05) is 12.5 Å². The summed E-state index contributed by atoms with van der Waals surface area (Å²) in [7, 11) is 0. The molecule has 1 N–H and O–H groups in total. The molecule has 0 heterocycles. The highest BCUT2D eigenvalue weighted by Gasteiger charge is 2.32. The minimum Gasteiger partial charge on any atom is -0.460 e. The highest BCUT2D eigenvalue weighted by molar-refractivity contribution is 5.97. The van der Waals surface area contributed by atoms with Gasteiger partial charge in [-0.1, -0.05) is 103 Å². The maximum absolute atomic E-state index is 14.2. The Morgan fingerprint density at radius 3 is 2.09 bits per heavy atom. The normalized spacial score (nSPS) is 12.7. The number of rotatable bonds is 12. The number of hydrogen-bond donors (Lipinski definition) is 1. The van der Waals surface area contributed by atoms with Crippen LogP contribution in [0.15, 0.2) is 103 Å². The van der Waals surface area contributed by atoms with Crippen molar-refractivity contribution in [3.63, 3.8) is 0 Å². The molecule has 0 aromatic heterocycles. The smallest absolute Gasteiger partial charge is 0.324 e. The summed E-state index contributed by atoms with van der Waals surface area (Å²) >= 11 is 0. The summed E-state index contributed by atoms with van der Waals surface area (Å²) in [5.41, 5.74) is 2.46. The third-order valence-corrected chi connectivity index (χ3v) is 7.63. The molecule has 0 radical (unpaired) electrons. The van der Waals surface area contributed by atoms with Crippen molar-refractivity contribution in [1.82, 2.24) is 10.2 Å². The van der Waals surface area contributed by atoms with Gasteiger partial charge in [0.15, 0.2) is 0 Å². The average molecular weight is 593 g/mol. The number of urea groups is 1. The van der Waals surface area contributed by atoms with Crippen LogP contribution >= 0.6 is 0 Å². The number of amides is 3. The van der Waals surface area contributed by atoms with Crippen molar-refractivity contribution in [2.45, 2.75) is 71.4 Å². The Kier molecular flexibility index (Phi) is 11.3. The molecular formula is C38H44N2O4. The number of aryl methyl sites for hydroxylation is 1. The Morgan fingerprint density at radius 1 is 0.773 bits per heavy atom. The second-order valence-electron chi connectivity index (χ2n) is 12.4. The summed E-state index contributed by atoms with van der Waals surface area (Å²) < 4.78 is 5.61. The Morgan fingerprint density at radius 2 is 1.41 bits per heavy atom. The number of carbonyl (C=O) groups is 3. The lowest BCUT2D eigenvalue weighted by Crippen LogP contribution is -2.48. The van der Waals surface area contributed by atoms with Crippen LogP contribution in [-0.2, 0) is 27.2 Å². The first-order valence-corrected chi connectivity index (χ1v) is 15.5. The minimum absolute atomic E-state index is 0.0861. The fraction of sp³-hybridized carbons (Fsp3) is 0.342. The Hall–Kier alpha value is -4.45. The van der Waals surface area contributed by atoms with E-state index in [1.54, 1.807) is 0 Å². The van der Waals surface area contributed by atoms with Gasteiger partial charge in [-0.05, 0) is 80.8 Å². The van der Waals surface area contributed by atoms with E-state index in [1.165, 1.54) is 21.2 Å². The zero-order valence-electron chi connectivity index (χ0n) is 26.3. The summed E-state index contributed by atoms with van der Waals surface area (Å²) in [4.78, 5) is 42.2. The second kappa shape index (κ2) is 15.3. The monoisotopic (exact) mass is 592 g/mol. The number of benzene rings is 4. The van der Waals surface area contributed by atoms with E-state index in [0.29, 0.717) is 19.3 Å². The molecular weight excluding hydrogens is 548 g/mol. The third kappa shape index (κ3) is 9.80. The van der Waals surface area contributed by atoms with Gasteiger partial charge in [0.2, 0.25) is 5.91 Å². The van der Waals surface area contributed by atoms with Crippen molar-refractivity contribution in [2.24, 2.45) is 5.92 Å². The highest BCUT2D eigenvalue weighted by Crippen LogP contribution is 2.23. The molecule has 0 bridgehead atoms. The summed E-state index contributed by atoms with van der Waals surface area (Å²) in [6.07, 6.45) is 2.32. The predicted molar refractivity (Wildman–Crippen MR) is 176 cm³/mol. The molecule has 2 atom stereocenters. The Labute approximate surface area is 261 Å². The van der Waals surface area contributed by atoms with E-state index < -0.39 is 23.5 Å². The standard InChI is InChI=1S/C38H44N2O4/c1-28(31-17-9-6-10-18-31)39-37(43)40(25-24-29-14-7-5-8-15-29)36(42)34(27-35(41)44-38(2,3)4)21-13-16-30-22-23-32-19-11-12-20-33(32)26-30/h5-12,14-15,17-20,22-23,26,28,34H,13,16,21,24-25,27H2,1-4H3,(H,39,43). The van der Waals surface area contributed by atoms with Crippen molar-refractivity contribution in [1.29, 1.82) is 0 Å². The van der Waals surface area contributed by atoms with Crippen LogP contribution in [0.2, 0.25) is 0 Å². The lowest BCUT2D eigenvalue weighted by Gasteiger charge is -2.28. The minimum atomic E-state index is -0.695. The van der Waals surface area contributed by atoms with E-state index >= 15 is 0 Å². The molecule has 2 unspecified atom stereocenters. The fourth-order valence-corrected chi connectivity index (χ4v) is 5.35. The van der Waals surface area contributed by atoms with Gasteiger partial charge in [-0.3, -0.25) is 14.5 Å². The molecule has 0 aliphatic carbocycles. The molecule has 0 aliphatic heterocycles. The number of nitrogens with zero attached hydrogens (tertiary/aromatic N) is 1. The van der Waals surface area contributed by atoms with Gasteiger partial charge in [-0.25, -0.2) is 4.79 Å². The molecule has 4 aromatic carbocycles. The number of fused-ring (bicyclic) bond motifs is 1. The largest absolute Gasteiger partial charge is 0.460 e. The van der Waals surface area contributed by atoms with Crippen molar-refractivity contribution in [3.8, 4) is 0 Å². The van der Waals surface area contributed by atoms with E-state index in [4.69, 9.17) is 4.74 Å². The van der Waals surface area contributed by atoms with Crippen LogP contribution in [0, 0.1) is 5.92 Å². The van der Waals surface area contributed by atoms with Crippen molar-refractivity contribution in [2.75, 3.05) is 6.54 Å². The maximum Gasteiger partial charge on any atom is 0.324 e. The molecule has 230 valence electrons. The molecule has 0 saturated carbocycles. The molecule has 4 aromatic rings. The van der Waals surface area contributed by atoms with Gasteiger partial charge >= 0.3 is 12.0 Å². The fourth-order valence-electron chi connectivity index (χ4n) is 5.35. The molecule has 4 rings (SSSR count). The summed E-state index contributed by atoms with van der Waals surface area (Å²) in [5.74, 6) is -1.50. The molecule has 0 spiro atoms. The predicted octanol–water partition coefficient (Wildman–Crippen LogP) is 8.05. The van der Waals surface area contributed by atoms with Gasteiger partial charge in [0.1, 0.15) is 5.60 Å². The molecule has 6 nitrogen and oxygen atoms in total. The van der Waals surface area contributed by atoms with Crippen molar-refractivity contribution >= 4 is 28.7 Å². The number of nitrogens with one attached hydrogen (secondary N) is 1. The molecule has 0 saturated heterocycles. The lowest BCUT2D eigenvalue weighted by atomic mass is 9.94. The van der Waals surface area contributed by atoms with E-state index in [2.05, 4.69) is 35.6 Å². The summed E-state index contributed by atoms with van der Waals surface area (Å²) in [5, 5.41) is 5.36. The summed E-state index contributed by atoms with van der Waals surface area (Å²) in [6.45, 7) is 7.53. The van der Waals surface area contributed by atoms with Crippen LogP contribution < -0.4 is 5.32 Å². The second-order valence-corrected chi connectivity index (χ2v) is 12.4. The Bertz CT molecular complexity index is 1530. The number of hydrogen-bond acceptors (Lipinski definition) is 4. The van der Waals surface area contributed by atoms with Gasteiger partial charge in [0.05, 0.1) is 12.5 Å². The first-order valence-electron chi connectivity index (χ1n) is 15.5. The average Bonchev–Trinajstić information content (AvgIpc) is 3.00. The zero-order valence-corrected chi connectivity index (χ0v) is 26.3. The van der Waals surface area contributed by atoms with E-state index in [-0.39, 0.29) is 24.9 Å². The molecule has 0 aliphatic rings. The topological polar surface area (TPSA) is 75.7 Å². The summed E-state index contributed by atoms with van der Waals surface area (Å²) in [6, 6.07) is 33.3. The quantitative estimate of drug-likeness (QED) is 0.169. The van der Waals surface area contributed by atoms with Gasteiger partial charge in [-0.15, -0.1) is 0 Å². The maximum atomic E-state index is 14.2. The van der Waals surface area contributed by atoms with Crippen molar-refractivity contribution in [3.05, 3.63) is 120 Å².